The summed E-state index contributed by atoms with van der Waals surface area (Å²) in [5.74, 6) is 1.86. The number of aromatic nitrogens is 1. The van der Waals surface area contributed by atoms with Crippen LogP contribution in [0.4, 0.5) is 0 Å². The lowest BCUT2D eigenvalue weighted by atomic mass is 10.1. The van der Waals surface area contributed by atoms with Gasteiger partial charge in [-0.1, -0.05) is 17.3 Å². The van der Waals surface area contributed by atoms with Crippen molar-refractivity contribution in [3.8, 4) is 16.9 Å². The molecule has 0 amide bonds. The number of thiophene rings is 1. The molecule has 8 heteroatoms. The van der Waals surface area contributed by atoms with E-state index in [1.807, 2.05) is 18.2 Å². The molecule has 164 valence electrons. The van der Waals surface area contributed by atoms with Crippen LogP contribution in [-0.4, -0.2) is 60.7 Å². The van der Waals surface area contributed by atoms with Crippen LogP contribution >= 0.6 is 11.3 Å². The fraction of sp³-hybridized carbons (Fsp3) is 0.391. The second-order valence-electron chi connectivity index (χ2n) is 7.45. The number of ether oxygens (including phenoxy) is 1. The molecule has 0 spiro atoms. The van der Waals surface area contributed by atoms with Crippen LogP contribution in [0, 0.1) is 0 Å². The number of rotatable bonds is 7. The number of hydrogen-bond acceptors (Lipinski definition) is 6. The van der Waals surface area contributed by atoms with Gasteiger partial charge in [-0.3, -0.25) is 4.90 Å². The first kappa shape index (κ1) is 21.4. The molecule has 1 aromatic carbocycles. The Morgan fingerprint density at radius 1 is 1.16 bits per heavy atom. The molecular weight excluding hydrogens is 410 g/mol. The van der Waals surface area contributed by atoms with Crippen molar-refractivity contribution in [1.29, 1.82) is 0 Å². The van der Waals surface area contributed by atoms with Gasteiger partial charge in [0.1, 0.15) is 12.0 Å². The van der Waals surface area contributed by atoms with Crippen LogP contribution in [0.1, 0.15) is 17.5 Å². The topological polar surface area (TPSA) is 66.1 Å². The Morgan fingerprint density at radius 2 is 1.97 bits per heavy atom. The molecule has 1 saturated heterocycles. The molecule has 1 aliphatic rings. The monoisotopic (exact) mass is 439 g/mol. The normalized spacial score (nSPS) is 15.3. The smallest absolute Gasteiger partial charge is 0.194 e. The summed E-state index contributed by atoms with van der Waals surface area (Å²) >= 11 is 1.75. The summed E-state index contributed by atoms with van der Waals surface area (Å²) in [4.78, 5) is 10.9. The third-order valence-corrected chi connectivity index (χ3v) is 6.27. The maximum absolute atomic E-state index is 5.25. The molecule has 0 aliphatic carbocycles. The quantitative estimate of drug-likeness (QED) is 0.447. The van der Waals surface area contributed by atoms with E-state index < -0.39 is 0 Å². The maximum Gasteiger partial charge on any atom is 0.194 e. The molecule has 0 atom stereocenters. The van der Waals surface area contributed by atoms with E-state index in [0.717, 1.165) is 56.7 Å². The second-order valence-corrected chi connectivity index (χ2v) is 8.45. The summed E-state index contributed by atoms with van der Waals surface area (Å²) in [5, 5.41) is 9.67. The summed E-state index contributed by atoms with van der Waals surface area (Å²) in [6.07, 6.45) is 1.63. The fourth-order valence-corrected chi connectivity index (χ4v) is 4.46. The van der Waals surface area contributed by atoms with Crippen LogP contribution in [0.3, 0.4) is 0 Å². The summed E-state index contributed by atoms with van der Waals surface area (Å²) in [6.45, 7) is 8.36. The van der Waals surface area contributed by atoms with Gasteiger partial charge in [-0.2, -0.15) is 0 Å². The Kier molecular flexibility index (Phi) is 7.22. The number of aliphatic imine (C=N–C) groups is 1. The predicted octanol–water partition coefficient (Wildman–Crippen LogP) is 3.70. The first-order chi connectivity index (χ1) is 15.2. The van der Waals surface area contributed by atoms with Crippen molar-refractivity contribution in [2.75, 3.05) is 39.8 Å². The lowest BCUT2D eigenvalue weighted by molar-refractivity contribution is 0.169. The number of benzene rings is 1. The van der Waals surface area contributed by atoms with Crippen molar-refractivity contribution in [2.24, 2.45) is 4.99 Å². The Hall–Kier alpha value is -2.84. The Morgan fingerprint density at radius 3 is 2.65 bits per heavy atom. The predicted molar refractivity (Wildman–Crippen MR) is 124 cm³/mol. The molecule has 2 aromatic heterocycles. The number of nitrogens with one attached hydrogen (secondary N) is 1. The second kappa shape index (κ2) is 10.5. The van der Waals surface area contributed by atoms with E-state index in [0.29, 0.717) is 6.54 Å². The van der Waals surface area contributed by atoms with Gasteiger partial charge >= 0.3 is 0 Å². The van der Waals surface area contributed by atoms with Gasteiger partial charge in [0, 0.05) is 50.2 Å². The number of hydrogen-bond donors (Lipinski definition) is 1. The highest BCUT2D eigenvalue weighted by atomic mass is 32.1. The van der Waals surface area contributed by atoms with E-state index in [1.165, 1.54) is 16.0 Å². The van der Waals surface area contributed by atoms with E-state index in [2.05, 4.69) is 50.8 Å². The van der Waals surface area contributed by atoms with E-state index in [1.54, 1.807) is 24.7 Å². The molecule has 0 unspecified atom stereocenters. The van der Waals surface area contributed by atoms with Crippen molar-refractivity contribution in [3.05, 3.63) is 58.6 Å². The zero-order chi connectivity index (χ0) is 21.5. The van der Waals surface area contributed by atoms with Gasteiger partial charge in [-0.25, -0.2) is 4.99 Å². The molecule has 0 saturated carbocycles. The van der Waals surface area contributed by atoms with Crippen molar-refractivity contribution < 1.29 is 9.26 Å². The van der Waals surface area contributed by atoms with Crippen molar-refractivity contribution in [3.63, 3.8) is 0 Å². The maximum atomic E-state index is 5.25. The highest BCUT2D eigenvalue weighted by Gasteiger charge is 2.20. The van der Waals surface area contributed by atoms with Crippen LogP contribution in [0.2, 0.25) is 0 Å². The van der Waals surface area contributed by atoms with Crippen LogP contribution in [0.5, 0.6) is 5.75 Å². The fourth-order valence-electron chi connectivity index (χ4n) is 3.64. The average molecular weight is 440 g/mol. The summed E-state index contributed by atoms with van der Waals surface area (Å²) in [7, 11) is 1.69. The van der Waals surface area contributed by atoms with Gasteiger partial charge in [-0.15, -0.1) is 11.3 Å². The Balaban J connectivity index is 1.35. The van der Waals surface area contributed by atoms with Gasteiger partial charge < -0.3 is 19.5 Å². The molecule has 1 fully saturated rings. The molecule has 0 bridgehead atoms. The summed E-state index contributed by atoms with van der Waals surface area (Å²) in [5.41, 5.74) is 3.41. The molecule has 3 aromatic rings. The largest absolute Gasteiger partial charge is 0.497 e. The van der Waals surface area contributed by atoms with Crippen LogP contribution in [-0.2, 0) is 13.1 Å². The van der Waals surface area contributed by atoms with E-state index in [4.69, 9.17) is 14.3 Å². The van der Waals surface area contributed by atoms with Gasteiger partial charge in [0.05, 0.1) is 19.3 Å². The number of nitrogens with zero attached hydrogens (tertiary/aromatic N) is 4. The zero-order valence-electron chi connectivity index (χ0n) is 18.1. The molecule has 31 heavy (non-hydrogen) atoms. The van der Waals surface area contributed by atoms with Gasteiger partial charge in [0.15, 0.2) is 5.96 Å². The molecule has 7 nitrogen and oxygen atoms in total. The highest BCUT2D eigenvalue weighted by molar-refractivity contribution is 7.10. The number of piperazine rings is 1. The van der Waals surface area contributed by atoms with E-state index >= 15 is 0 Å². The lowest BCUT2D eigenvalue weighted by Gasteiger charge is -2.36. The minimum atomic E-state index is 0.683. The zero-order valence-corrected chi connectivity index (χ0v) is 18.9. The Labute approximate surface area is 187 Å². The lowest BCUT2D eigenvalue weighted by Crippen LogP contribution is -2.52. The first-order valence-electron chi connectivity index (χ1n) is 10.6. The van der Waals surface area contributed by atoms with E-state index in [9.17, 15) is 0 Å². The van der Waals surface area contributed by atoms with E-state index in [-0.39, 0.29) is 0 Å². The van der Waals surface area contributed by atoms with Crippen molar-refractivity contribution in [2.45, 2.75) is 20.0 Å². The summed E-state index contributed by atoms with van der Waals surface area (Å²) in [6, 6.07) is 12.3. The first-order valence-corrected chi connectivity index (χ1v) is 11.5. The SMILES string of the molecule is CCNC(=NCc1cc(-c2ccc(OC)cc2)cs1)N1CCN(Cc2ccon2)CC1. The molecule has 3 heterocycles. The van der Waals surface area contributed by atoms with Crippen molar-refractivity contribution >= 4 is 17.3 Å². The molecule has 1 N–H and O–H groups in total. The highest BCUT2D eigenvalue weighted by Crippen LogP contribution is 2.27. The molecule has 1 aliphatic heterocycles. The molecule has 4 rings (SSSR count). The van der Waals surface area contributed by atoms with Gasteiger partial charge in [0.2, 0.25) is 0 Å². The number of methoxy groups -OCH3 is 1. The van der Waals surface area contributed by atoms with Crippen LogP contribution < -0.4 is 10.1 Å². The average Bonchev–Trinajstić information content (AvgIpc) is 3.50. The minimum Gasteiger partial charge on any atom is -0.497 e. The van der Waals surface area contributed by atoms with Gasteiger partial charge in [0.25, 0.3) is 0 Å². The van der Waals surface area contributed by atoms with Crippen molar-refractivity contribution in [1.82, 2.24) is 20.3 Å². The standard InChI is InChI=1S/C23H29N5O2S/c1-3-24-23(28-11-9-27(10-12-28)16-20-8-13-30-26-20)25-15-22-14-19(17-31-22)18-4-6-21(29-2)7-5-18/h4-8,13-14,17H,3,9-12,15-16H2,1-2H3,(H,24,25). The Bertz CT molecular complexity index is 960. The number of guanidine groups is 1. The molecular formula is C23H29N5O2S. The third-order valence-electron chi connectivity index (χ3n) is 5.35. The van der Waals surface area contributed by atoms with Crippen LogP contribution in [0.15, 0.2) is 57.6 Å². The summed E-state index contributed by atoms with van der Waals surface area (Å²) < 4.78 is 10.2. The van der Waals surface area contributed by atoms with Gasteiger partial charge in [-0.05, 0) is 41.6 Å². The third kappa shape index (κ3) is 5.65. The van der Waals surface area contributed by atoms with Crippen LogP contribution in [0.25, 0.3) is 11.1 Å². The molecule has 0 radical (unpaired) electrons. The minimum absolute atomic E-state index is 0.683.